The summed E-state index contributed by atoms with van der Waals surface area (Å²) in [6.45, 7) is 1.74. The lowest BCUT2D eigenvalue weighted by Gasteiger charge is -2.16. The van der Waals surface area contributed by atoms with Gasteiger partial charge in [0.05, 0.1) is 7.11 Å². The van der Waals surface area contributed by atoms with E-state index >= 15 is 0 Å². The molecule has 100 valence electrons. The largest absolute Gasteiger partial charge is 0.496 e. The molecule has 0 bridgehead atoms. The molecule has 2 nitrogen and oxygen atoms in total. The first-order valence-electron chi connectivity index (χ1n) is 6.26. The fraction of sp³-hybridized carbons (Fsp3) is 0.250. The minimum atomic E-state index is -0.379. The Kier molecular flexibility index (Phi) is 4.17. The average molecular weight is 259 g/mol. The molecular weight excluding hydrogens is 241 g/mol. The summed E-state index contributed by atoms with van der Waals surface area (Å²) in [5.41, 5.74) is 8.28. The van der Waals surface area contributed by atoms with Gasteiger partial charge in [-0.15, -0.1) is 0 Å². The van der Waals surface area contributed by atoms with E-state index in [4.69, 9.17) is 10.5 Å². The fourth-order valence-electron chi connectivity index (χ4n) is 2.17. The number of aryl methyl sites for hydroxylation is 1. The number of ether oxygens (including phenoxy) is 1. The lowest BCUT2D eigenvalue weighted by molar-refractivity contribution is 0.407. The van der Waals surface area contributed by atoms with Gasteiger partial charge in [-0.3, -0.25) is 0 Å². The van der Waals surface area contributed by atoms with Gasteiger partial charge in [0.1, 0.15) is 11.6 Å². The summed E-state index contributed by atoms with van der Waals surface area (Å²) in [7, 11) is 1.62. The van der Waals surface area contributed by atoms with Crippen molar-refractivity contribution in [3.8, 4) is 5.75 Å². The van der Waals surface area contributed by atoms with E-state index in [0.29, 0.717) is 17.5 Å². The highest BCUT2D eigenvalue weighted by atomic mass is 19.1. The summed E-state index contributed by atoms with van der Waals surface area (Å²) in [5.74, 6) is 0.566. The van der Waals surface area contributed by atoms with Crippen molar-refractivity contribution < 1.29 is 9.13 Å². The van der Waals surface area contributed by atoms with Gasteiger partial charge in [-0.05, 0) is 30.5 Å². The second-order valence-corrected chi connectivity index (χ2v) is 4.60. The predicted molar refractivity (Wildman–Crippen MR) is 74.8 cm³/mol. The normalized spacial score (nSPS) is 12.2. The lowest BCUT2D eigenvalue weighted by atomic mass is 9.97. The zero-order valence-corrected chi connectivity index (χ0v) is 11.2. The molecule has 19 heavy (non-hydrogen) atoms. The molecule has 0 saturated heterocycles. The van der Waals surface area contributed by atoms with Gasteiger partial charge in [0, 0.05) is 11.6 Å². The van der Waals surface area contributed by atoms with Crippen molar-refractivity contribution in [1.29, 1.82) is 0 Å². The highest BCUT2D eigenvalue weighted by molar-refractivity contribution is 5.36. The maximum atomic E-state index is 14.0. The van der Waals surface area contributed by atoms with Crippen LogP contribution in [0, 0.1) is 12.7 Å². The Balaban J connectivity index is 2.26. The highest BCUT2D eigenvalue weighted by Crippen LogP contribution is 2.25. The smallest absolute Gasteiger partial charge is 0.130 e. The third-order valence-electron chi connectivity index (χ3n) is 3.25. The summed E-state index contributed by atoms with van der Waals surface area (Å²) >= 11 is 0. The van der Waals surface area contributed by atoms with Crippen molar-refractivity contribution in [2.75, 3.05) is 7.11 Å². The van der Waals surface area contributed by atoms with Crippen molar-refractivity contribution in [3.05, 3.63) is 65.0 Å². The number of para-hydroxylation sites is 1. The van der Waals surface area contributed by atoms with E-state index in [1.165, 1.54) is 0 Å². The van der Waals surface area contributed by atoms with Crippen LogP contribution in [0.3, 0.4) is 0 Å². The van der Waals surface area contributed by atoms with Gasteiger partial charge in [-0.1, -0.05) is 36.4 Å². The second kappa shape index (κ2) is 5.85. The Morgan fingerprint density at radius 2 is 1.89 bits per heavy atom. The number of rotatable bonds is 4. The van der Waals surface area contributed by atoms with Gasteiger partial charge in [0.2, 0.25) is 0 Å². The second-order valence-electron chi connectivity index (χ2n) is 4.60. The Morgan fingerprint density at radius 3 is 2.63 bits per heavy atom. The molecule has 3 heteroatoms. The standard InChI is InChI=1S/C16H18FNO/c1-11-6-5-8-13(16(11)17)14(18)10-12-7-3-4-9-15(12)19-2/h3-9,14H,10,18H2,1-2H3. The molecule has 2 rings (SSSR count). The van der Waals surface area contributed by atoms with E-state index < -0.39 is 0 Å². The number of benzene rings is 2. The van der Waals surface area contributed by atoms with Gasteiger partial charge < -0.3 is 10.5 Å². The molecule has 0 aliphatic heterocycles. The Morgan fingerprint density at radius 1 is 1.16 bits per heavy atom. The minimum absolute atomic E-state index is 0.218. The molecule has 0 radical (unpaired) electrons. The molecule has 0 aliphatic rings. The van der Waals surface area contributed by atoms with E-state index in [1.807, 2.05) is 30.3 Å². The zero-order valence-electron chi connectivity index (χ0n) is 11.2. The highest BCUT2D eigenvalue weighted by Gasteiger charge is 2.15. The first-order valence-corrected chi connectivity index (χ1v) is 6.26. The Labute approximate surface area is 113 Å². The zero-order chi connectivity index (χ0) is 13.8. The first-order chi connectivity index (χ1) is 9.13. The van der Waals surface area contributed by atoms with Crippen LogP contribution in [-0.2, 0) is 6.42 Å². The van der Waals surface area contributed by atoms with Gasteiger partial charge >= 0.3 is 0 Å². The predicted octanol–water partition coefficient (Wildman–Crippen LogP) is 3.39. The molecular formula is C16H18FNO. The van der Waals surface area contributed by atoms with Crippen molar-refractivity contribution in [1.82, 2.24) is 0 Å². The monoisotopic (exact) mass is 259 g/mol. The average Bonchev–Trinajstić information content (AvgIpc) is 2.42. The molecule has 0 amide bonds. The Bertz CT molecular complexity index is 568. The van der Waals surface area contributed by atoms with Crippen LogP contribution < -0.4 is 10.5 Å². The lowest BCUT2D eigenvalue weighted by Crippen LogP contribution is -2.16. The fourth-order valence-corrected chi connectivity index (χ4v) is 2.17. The molecule has 0 heterocycles. The quantitative estimate of drug-likeness (QED) is 0.913. The number of halogens is 1. The maximum absolute atomic E-state index is 14.0. The minimum Gasteiger partial charge on any atom is -0.496 e. The summed E-state index contributed by atoms with van der Waals surface area (Å²) in [5, 5.41) is 0. The molecule has 2 N–H and O–H groups in total. The van der Waals surface area contributed by atoms with Gasteiger partial charge in [0.15, 0.2) is 0 Å². The van der Waals surface area contributed by atoms with Crippen molar-refractivity contribution >= 4 is 0 Å². The molecule has 0 aliphatic carbocycles. The van der Waals surface area contributed by atoms with Crippen LogP contribution in [0.2, 0.25) is 0 Å². The number of nitrogens with two attached hydrogens (primary N) is 1. The van der Waals surface area contributed by atoms with Gasteiger partial charge in [-0.25, -0.2) is 4.39 Å². The van der Waals surface area contributed by atoms with Crippen molar-refractivity contribution in [3.63, 3.8) is 0 Å². The van der Waals surface area contributed by atoms with Crippen molar-refractivity contribution in [2.24, 2.45) is 5.73 Å². The van der Waals surface area contributed by atoms with Crippen LogP contribution in [0.15, 0.2) is 42.5 Å². The molecule has 0 fully saturated rings. The van der Waals surface area contributed by atoms with E-state index in [0.717, 1.165) is 11.3 Å². The van der Waals surface area contributed by atoms with E-state index in [2.05, 4.69) is 0 Å². The van der Waals surface area contributed by atoms with Gasteiger partial charge in [-0.2, -0.15) is 0 Å². The molecule has 2 aromatic rings. The summed E-state index contributed by atoms with van der Waals surface area (Å²) in [6, 6.07) is 12.6. The molecule has 1 atom stereocenters. The maximum Gasteiger partial charge on any atom is 0.130 e. The van der Waals surface area contributed by atoms with Gasteiger partial charge in [0.25, 0.3) is 0 Å². The van der Waals surface area contributed by atoms with Crippen LogP contribution in [-0.4, -0.2) is 7.11 Å². The molecule has 1 unspecified atom stereocenters. The summed E-state index contributed by atoms with van der Waals surface area (Å²) in [4.78, 5) is 0. The molecule has 0 aromatic heterocycles. The SMILES string of the molecule is COc1ccccc1CC(N)c1cccc(C)c1F. The van der Waals surface area contributed by atoms with Crippen LogP contribution in [0.5, 0.6) is 5.75 Å². The summed E-state index contributed by atoms with van der Waals surface area (Å²) in [6.07, 6.45) is 0.546. The third kappa shape index (κ3) is 2.93. The first kappa shape index (κ1) is 13.6. The number of methoxy groups -OCH3 is 1. The van der Waals surface area contributed by atoms with Crippen LogP contribution >= 0.6 is 0 Å². The van der Waals surface area contributed by atoms with E-state index in [-0.39, 0.29) is 11.9 Å². The van der Waals surface area contributed by atoms with E-state index in [1.54, 1.807) is 26.2 Å². The Hall–Kier alpha value is -1.87. The number of hydrogen-bond acceptors (Lipinski definition) is 2. The molecule has 0 saturated carbocycles. The van der Waals surface area contributed by atoms with Crippen LogP contribution in [0.1, 0.15) is 22.7 Å². The van der Waals surface area contributed by atoms with Crippen molar-refractivity contribution in [2.45, 2.75) is 19.4 Å². The van der Waals surface area contributed by atoms with Crippen LogP contribution in [0.4, 0.5) is 4.39 Å². The molecule has 0 spiro atoms. The topological polar surface area (TPSA) is 35.2 Å². The number of hydrogen-bond donors (Lipinski definition) is 1. The van der Waals surface area contributed by atoms with Crippen LogP contribution in [0.25, 0.3) is 0 Å². The third-order valence-corrected chi connectivity index (χ3v) is 3.25. The molecule has 2 aromatic carbocycles. The van der Waals surface area contributed by atoms with E-state index in [9.17, 15) is 4.39 Å². The summed E-state index contributed by atoms with van der Waals surface area (Å²) < 4.78 is 19.3.